The standard InChI is InChI=1S/C12H16N2O3/c15-7-10-5-13-6-11(8-16)14(10)9-1-3-12(17)4-2-9/h1-4,7,10-11,13,16-17H,5-6,8H2. The van der Waals surface area contributed by atoms with E-state index in [9.17, 15) is 15.0 Å². The van der Waals surface area contributed by atoms with Crippen molar-refractivity contribution in [2.24, 2.45) is 0 Å². The van der Waals surface area contributed by atoms with Crippen LogP contribution in [-0.2, 0) is 4.79 Å². The van der Waals surface area contributed by atoms with Gasteiger partial charge in [-0.05, 0) is 24.3 Å². The molecule has 0 amide bonds. The first-order valence-corrected chi connectivity index (χ1v) is 5.60. The fraction of sp³-hybridized carbons (Fsp3) is 0.417. The van der Waals surface area contributed by atoms with Crippen LogP contribution in [0.3, 0.4) is 0 Å². The minimum absolute atomic E-state index is 0.0157. The van der Waals surface area contributed by atoms with Crippen LogP contribution in [0.25, 0.3) is 0 Å². The Kier molecular flexibility index (Phi) is 3.61. The number of hydrogen-bond donors (Lipinski definition) is 3. The van der Waals surface area contributed by atoms with Gasteiger partial charge in [0.1, 0.15) is 12.0 Å². The summed E-state index contributed by atoms with van der Waals surface area (Å²) in [6.45, 7) is 1.20. The minimum Gasteiger partial charge on any atom is -0.508 e. The number of anilines is 1. The number of aliphatic hydroxyl groups excluding tert-OH is 1. The van der Waals surface area contributed by atoms with E-state index in [1.54, 1.807) is 24.3 Å². The molecule has 1 saturated heterocycles. The van der Waals surface area contributed by atoms with E-state index in [1.807, 2.05) is 4.90 Å². The first-order chi connectivity index (χ1) is 8.26. The molecule has 0 aliphatic carbocycles. The molecule has 2 unspecified atom stereocenters. The Labute approximate surface area is 99.7 Å². The molecule has 2 rings (SSSR count). The Bertz CT molecular complexity index is 380. The zero-order valence-corrected chi connectivity index (χ0v) is 9.41. The van der Waals surface area contributed by atoms with Crippen LogP contribution in [0.15, 0.2) is 24.3 Å². The van der Waals surface area contributed by atoms with E-state index in [1.165, 1.54) is 0 Å². The van der Waals surface area contributed by atoms with Crippen molar-refractivity contribution in [3.8, 4) is 5.75 Å². The molecule has 2 atom stereocenters. The molecule has 3 N–H and O–H groups in total. The lowest BCUT2D eigenvalue weighted by Gasteiger charge is -2.41. The normalized spacial score (nSPS) is 24.6. The van der Waals surface area contributed by atoms with Gasteiger partial charge in [-0.2, -0.15) is 0 Å². The smallest absolute Gasteiger partial charge is 0.143 e. The zero-order chi connectivity index (χ0) is 12.3. The van der Waals surface area contributed by atoms with Crippen LogP contribution in [-0.4, -0.2) is 48.3 Å². The van der Waals surface area contributed by atoms with Crippen LogP contribution >= 0.6 is 0 Å². The molecule has 5 heteroatoms. The number of phenolic OH excluding ortho intramolecular Hbond substituents is 1. The highest BCUT2D eigenvalue weighted by Crippen LogP contribution is 2.23. The van der Waals surface area contributed by atoms with Crippen molar-refractivity contribution in [1.29, 1.82) is 0 Å². The third-order valence-corrected chi connectivity index (χ3v) is 3.00. The van der Waals surface area contributed by atoms with Gasteiger partial charge in [-0.15, -0.1) is 0 Å². The Morgan fingerprint density at radius 3 is 2.65 bits per heavy atom. The second kappa shape index (κ2) is 5.16. The average Bonchev–Trinajstić information content (AvgIpc) is 2.38. The third-order valence-electron chi connectivity index (χ3n) is 3.00. The first-order valence-electron chi connectivity index (χ1n) is 5.60. The molecule has 0 aromatic heterocycles. The van der Waals surface area contributed by atoms with Crippen LogP contribution < -0.4 is 10.2 Å². The molecule has 0 saturated carbocycles. The molecule has 0 bridgehead atoms. The molecule has 1 aromatic carbocycles. The molecule has 0 spiro atoms. The van der Waals surface area contributed by atoms with Crippen LogP contribution in [0.2, 0.25) is 0 Å². The maximum absolute atomic E-state index is 11.1. The molecular weight excluding hydrogens is 220 g/mol. The summed E-state index contributed by atoms with van der Waals surface area (Å²) in [7, 11) is 0. The molecule has 1 heterocycles. The lowest BCUT2D eigenvalue weighted by Crippen LogP contribution is -2.59. The SMILES string of the molecule is O=CC1CNCC(CO)N1c1ccc(O)cc1. The largest absolute Gasteiger partial charge is 0.508 e. The first kappa shape index (κ1) is 11.9. The van der Waals surface area contributed by atoms with Gasteiger partial charge >= 0.3 is 0 Å². The summed E-state index contributed by atoms with van der Waals surface area (Å²) in [4.78, 5) is 13.0. The summed E-state index contributed by atoms with van der Waals surface area (Å²) >= 11 is 0. The van der Waals surface area contributed by atoms with Crippen molar-refractivity contribution in [1.82, 2.24) is 5.32 Å². The second-order valence-electron chi connectivity index (χ2n) is 4.12. The number of carbonyl (C=O) groups excluding carboxylic acids is 1. The van der Waals surface area contributed by atoms with Crippen LogP contribution in [0, 0.1) is 0 Å². The molecule has 5 nitrogen and oxygen atoms in total. The third kappa shape index (κ3) is 2.40. The number of nitrogens with one attached hydrogen (secondary N) is 1. The number of piperazine rings is 1. The molecule has 1 aliphatic rings. The Morgan fingerprint density at radius 2 is 2.06 bits per heavy atom. The van der Waals surface area contributed by atoms with Gasteiger partial charge in [-0.3, -0.25) is 0 Å². The highest BCUT2D eigenvalue weighted by Gasteiger charge is 2.29. The van der Waals surface area contributed by atoms with Gasteiger partial charge in [0.05, 0.1) is 18.7 Å². The van der Waals surface area contributed by atoms with Gasteiger partial charge in [0, 0.05) is 18.8 Å². The summed E-state index contributed by atoms with van der Waals surface area (Å²) < 4.78 is 0. The predicted molar refractivity (Wildman–Crippen MR) is 64.2 cm³/mol. The number of rotatable bonds is 3. The van der Waals surface area contributed by atoms with E-state index in [-0.39, 0.29) is 24.4 Å². The van der Waals surface area contributed by atoms with Crippen molar-refractivity contribution >= 4 is 12.0 Å². The summed E-state index contributed by atoms with van der Waals surface area (Å²) in [6, 6.07) is 6.25. The monoisotopic (exact) mass is 236 g/mol. The molecule has 17 heavy (non-hydrogen) atoms. The van der Waals surface area contributed by atoms with Gasteiger partial charge in [-0.25, -0.2) is 0 Å². The Hall–Kier alpha value is -1.59. The predicted octanol–water partition coefficient (Wildman–Crippen LogP) is -0.270. The second-order valence-corrected chi connectivity index (χ2v) is 4.12. The fourth-order valence-corrected chi connectivity index (χ4v) is 2.16. The van der Waals surface area contributed by atoms with Gasteiger partial charge < -0.3 is 25.2 Å². The molecular formula is C12H16N2O3. The quantitative estimate of drug-likeness (QED) is 0.630. The van der Waals surface area contributed by atoms with E-state index >= 15 is 0 Å². The minimum atomic E-state index is -0.287. The number of hydrogen-bond acceptors (Lipinski definition) is 5. The van der Waals surface area contributed by atoms with Gasteiger partial charge in [0.2, 0.25) is 0 Å². The molecule has 0 radical (unpaired) electrons. The van der Waals surface area contributed by atoms with Crippen LogP contribution in [0.1, 0.15) is 0 Å². The number of phenols is 1. The van der Waals surface area contributed by atoms with Crippen LogP contribution in [0.5, 0.6) is 5.75 Å². The number of aldehydes is 1. The lowest BCUT2D eigenvalue weighted by molar-refractivity contribution is -0.109. The van der Waals surface area contributed by atoms with E-state index < -0.39 is 0 Å². The van der Waals surface area contributed by atoms with Gasteiger partial charge in [0.15, 0.2) is 0 Å². The molecule has 1 aromatic rings. The number of aliphatic hydroxyl groups is 1. The summed E-state index contributed by atoms with van der Waals surface area (Å²) in [5.74, 6) is 0.187. The summed E-state index contributed by atoms with van der Waals surface area (Å²) in [5, 5.41) is 21.7. The molecule has 1 fully saturated rings. The highest BCUT2D eigenvalue weighted by atomic mass is 16.3. The van der Waals surface area contributed by atoms with E-state index in [2.05, 4.69) is 5.32 Å². The Morgan fingerprint density at radius 1 is 1.35 bits per heavy atom. The fourth-order valence-electron chi connectivity index (χ4n) is 2.16. The number of nitrogens with zero attached hydrogens (tertiary/aromatic N) is 1. The topological polar surface area (TPSA) is 72.8 Å². The maximum Gasteiger partial charge on any atom is 0.143 e. The number of carbonyl (C=O) groups is 1. The number of aromatic hydroxyl groups is 1. The average molecular weight is 236 g/mol. The number of benzene rings is 1. The van der Waals surface area contributed by atoms with Crippen molar-refractivity contribution < 1.29 is 15.0 Å². The molecule has 1 aliphatic heterocycles. The van der Waals surface area contributed by atoms with E-state index in [0.29, 0.717) is 13.1 Å². The van der Waals surface area contributed by atoms with Gasteiger partial charge in [0.25, 0.3) is 0 Å². The van der Waals surface area contributed by atoms with Crippen LogP contribution in [0.4, 0.5) is 5.69 Å². The zero-order valence-electron chi connectivity index (χ0n) is 9.41. The summed E-state index contributed by atoms with van der Waals surface area (Å²) in [6.07, 6.45) is 0.877. The van der Waals surface area contributed by atoms with Crippen molar-refractivity contribution in [2.45, 2.75) is 12.1 Å². The lowest BCUT2D eigenvalue weighted by atomic mass is 10.1. The van der Waals surface area contributed by atoms with Crippen molar-refractivity contribution in [3.05, 3.63) is 24.3 Å². The van der Waals surface area contributed by atoms with E-state index in [0.717, 1.165) is 12.0 Å². The van der Waals surface area contributed by atoms with Crippen molar-refractivity contribution in [2.75, 3.05) is 24.6 Å². The van der Waals surface area contributed by atoms with E-state index in [4.69, 9.17) is 0 Å². The van der Waals surface area contributed by atoms with Crippen molar-refractivity contribution in [3.63, 3.8) is 0 Å². The van der Waals surface area contributed by atoms with Gasteiger partial charge in [-0.1, -0.05) is 0 Å². The maximum atomic E-state index is 11.1. The highest BCUT2D eigenvalue weighted by molar-refractivity contribution is 5.68. The molecule has 92 valence electrons. The summed E-state index contributed by atoms with van der Waals surface area (Å²) in [5.41, 5.74) is 0.834. The Balaban J connectivity index is 2.29.